The van der Waals surface area contributed by atoms with Crippen LogP contribution in [0, 0.1) is 0 Å². The van der Waals surface area contributed by atoms with E-state index >= 15 is 0 Å². The van der Waals surface area contributed by atoms with E-state index in [2.05, 4.69) is 12.2 Å². The van der Waals surface area contributed by atoms with Crippen molar-refractivity contribution in [2.24, 2.45) is 0 Å². The summed E-state index contributed by atoms with van der Waals surface area (Å²) in [5.74, 6) is 0.569. The Bertz CT molecular complexity index is 453. The summed E-state index contributed by atoms with van der Waals surface area (Å²) < 4.78 is 10.5. The lowest BCUT2D eigenvalue weighted by atomic mass is 9.76. The number of fused-ring (bicyclic) bond motifs is 1. The van der Waals surface area contributed by atoms with Crippen LogP contribution in [0.25, 0.3) is 0 Å². The number of nitrogens with one attached hydrogen (secondary N) is 1. The van der Waals surface area contributed by atoms with Crippen molar-refractivity contribution in [3.63, 3.8) is 0 Å². The molecule has 0 aromatic heterocycles. The molecule has 1 heterocycles. The lowest BCUT2D eigenvalue weighted by Crippen LogP contribution is -2.39. The third kappa shape index (κ3) is 3.75. The van der Waals surface area contributed by atoms with Crippen LogP contribution >= 0.6 is 0 Å². The molecule has 0 spiro atoms. The Balaban J connectivity index is 2.07. The number of hydrogen-bond acceptors (Lipinski definition) is 3. The maximum Gasteiger partial charge on any atom is 0.175 e. The first-order valence-electron chi connectivity index (χ1n) is 6.25. The lowest BCUT2D eigenvalue weighted by molar-refractivity contribution is 0.0833. The Hall–Kier alpha value is -0.960. The molecule has 1 aliphatic rings. The third-order valence-corrected chi connectivity index (χ3v) is 2.95. The normalized spacial score (nSPS) is 17.6. The molecule has 3 nitrogen and oxygen atoms in total. The Morgan fingerprint density at radius 3 is 2.53 bits per heavy atom. The molecule has 90 valence electrons. The molecule has 1 N–H and O–H groups in total. The third-order valence-electron chi connectivity index (χ3n) is 2.95. The van der Waals surface area contributed by atoms with Crippen LogP contribution < -0.4 is 14.8 Å². The Morgan fingerprint density at radius 1 is 1.21 bits per heavy atom. The molecule has 1 aliphatic heterocycles. The second kappa shape index (κ2) is 5.58. The zero-order valence-electron chi connectivity index (χ0n) is 10.9. The maximum absolute atomic E-state index is 5.56. The number of rotatable bonds is 5. The van der Waals surface area contributed by atoms with Crippen LogP contribution in [0.3, 0.4) is 0 Å². The Labute approximate surface area is 119 Å². The molecule has 0 amide bonds. The first-order valence-corrected chi connectivity index (χ1v) is 6.25. The van der Waals surface area contributed by atoms with Gasteiger partial charge in [-0.25, -0.2) is 0 Å². The molecule has 8 radical (unpaired) electrons. The summed E-state index contributed by atoms with van der Waals surface area (Å²) in [6.07, 6.45) is 1.69. The van der Waals surface area contributed by atoms with Gasteiger partial charge in [-0.1, -0.05) is 18.8 Å². The molecule has 7 heteroatoms. The van der Waals surface area contributed by atoms with Gasteiger partial charge >= 0.3 is 0 Å². The maximum atomic E-state index is 5.56. The standard InChI is InChI=1S/C12H13B4NO2/c1-2-8(17-11(13)14)5-7-3-4-9-10(6-7)19-12(15,16)18-9/h3-4,6,8,11,17H,2,5H2,1H3/t8-/m0/s1. The Kier molecular flexibility index (Phi) is 4.24. The van der Waals surface area contributed by atoms with Gasteiger partial charge in [0.05, 0.1) is 15.7 Å². The van der Waals surface area contributed by atoms with Gasteiger partial charge in [0.1, 0.15) is 0 Å². The van der Waals surface area contributed by atoms with E-state index in [-0.39, 0.29) is 6.04 Å². The molecule has 0 bridgehead atoms. The summed E-state index contributed by atoms with van der Waals surface area (Å²) in [6.45, 7) is 2.07. The fourth-order valence-electron chi connectivity index (χ4n) is 2.09. The topological polar surface area (TPSA) is 30.5 Å². The monoisotopic (exact) mass is 247 g/mol. The van der Waals surface area contributed by atoms with Crippen LogP contribution in [0.5, 0.6) is 11.5 Å². The SMILES string of the molecule is [B]C([B])N[C@@H](CC)Cc1ccc2c(c1)OC([B])([B])O2. The first kappa shape index (κ1) is 14.4. The van der Waals surface area contributed by atoms with Crippen molar-refractivity contribution in [1.82, 2.24) is 5.32 Å². The predicted molar refractivity (Wildman–Crippen MR) is 78.2 cm³/mol. The summed E-state index contributed by atoms with van der Waals surface area (Å²) in [6, 6.07) is 5.79. The van der Waals surface area contributed by atoms with Gasteiger partial charge in [0, 0.05) is 6.04 Å². The average Bonchev–Trinajstić information content (AvgIpc) is 2.60. The molecule has 19 heavy (non-hydrogen) atoms. The van der Waals surface area contributed by atoms with E-state index in [1.54, 1.807) is 6.07 Å². The van der Waals surface area contributed by atoms with Crippen molar-refractivity contribution in [3.05, 3.63) is 23.8 Å². The molecule has 0 saturated carbocycles. The number of benzene rings is 1. The predicted octanol–water partition coefficient (Wildman–Crippen LogP) is -0.0626. The van der Waals surface area contributed by atoms with Gasteiger partial charge in [0.2, 0.25) is 0 Å². The van der Waals surface area contributed by atoms with Gasteiger partial charge in [-0.15, -0.1) is 0 Å². The fraction of sp³-hybridized carbons (Fsp3) is 0.500. The summed E-state index contributed by atoms with van der Waals surface area (Å²) in [4.78, 5) is 0. The molecular formula is C12H13B4NO2. The lowest BCUT2D eigenvalue weighted by Gasteiger charge is -2.20. The number of ether oxygens (including phenoxy) is 2. The molecule has 1 aromatic carbocycles. The average molecular weight is 246 g/mol. The van der Waals surface area contributed by atoms with Crippen molar-refractivity contribution < 1.29 is 9.47 Å². The minimum absolute atomic E-state index is 0.195. The van der Waals surface area contributed by atoms with E-state index < -0.39 is 11.4 Å². The Morgan fingerprint density at radius 2 is 1.89 bits per heavy atom. The molecule has 0 fully saturated rings. The van der Waals surface area contributed by atoms with Gasteiger partial charge < -0.3 is 14.8 Å². The van der Waals surface area contributed by atoms with Crippen LogP contribution in [0.1, 0.15) is 18.9 Å². The zero-order valence-corrected chi connectivity index (χ0v) is 10.9. The molecular weight excluding hydrogens is 233 g/mol. The summed E-state index contributed by atoms with van der Waals surface area (Å²) >= 11 is 0. The van der Waals surface area contributed by atoms with E-state index in [0.717, 1.165) is 18.4 Å². The van der Waals surface area contributed by atoms with Gasteiger partial charge in [-0.05, 0) is 30.5 Å². The van der Waals surface area contributed by atoms with Crippen molar-refractivity contribution in [2.75, 3.05) is 0 Å². The molecule has 0 unspecified atom stereocenters. The van der Waals surface area contributed by atoms with Crippen LogP contribution in [0.2, 0.25) is 0 Å². The van der Waals surface area contributed by atoms with Crippen molar-refractivity contribution in [1.29, 1.82) is 0 Å². The van der Waals surface area contributed by atoms with Crippen LogP contribution in [0.15, 0.2) is 18.2 Å². The largest absolute Gasteiger partial charge is 0.468 e. The number of hydrogen-bond donors (Lipinski definition) is 1. The highest BCUT2D eigenvalue weighted by Gasteiger charge is 2.30. The van der Waals surface area contributed by atoms with Crippen LogP contribution in [-0.4, -0.2) is 48.9 Å². The fourth-order valence-corrected chi connectivity index (χ4v) is 2.09. The van der Waals surface area contributed by atoms with Gasteiger partial charge in [0.25, 0.3) is 0 Å². The quantitative estimate of drug-likeness (QED) is 0.738. The molecule has 0 saturated heterocycles. The van der Waals surface area contributed by atoms with Gasteiger partial charge in [-0.2, -0.15) is 0 Å². The van der Waals surface area contributed by atoms with E-state index in [1.807, 2.05) is 12.1 Å². The second-order valence-electron chi connectivity index (χ2n) is 4.71. The minimum atomic E-state index is -1.58. The van der Waals surface area contributed by atoms with E-state index in [9.17, 15) is 0 Å². The van der Waals surface area contributed by atoms with Gasteiger partial charge in [0.15, 0.2) is 32.8 Å². The zero-order chi connectivity index (χ0) is 14.0. The van der Waals surface area contributed by atoms with E-state index in [0.29, 0.717) is 11.5 Å². The highest BCUT2D eigenvalue weighted by atomic mass is 16.7. The first-order chi connectivity index (χ1) is 8.89. The van der Waals surface area contributed by atoms with E-state index in [1.165, 1.54) is 0 Å². The van der Waals surface area contributed by atoms with Crippen LogP contribution in [-0.2, 0) is 6.42 Å². The van der Waals surface area contributed by atoms with Crippen molar-refractivity contribution in [2.45, 2.75) is 37.2 Å². The summed E-state index contributed by atoms with van der Waals surface area (Å²) in [5.41, 5.74) is -0.511. The van der Waals surface area contributed by atoms with Crippen molar-refractivity contribution in [3.8, 4) is 11.5 Å². The second-order valence-corrected chi connectivity index (χ2v) is 4.71. The summed E-state index contributed by atoms with van der Waals surface area (Å²) in [7, 11) is 22.2. The molecule has 1 aromatic rings. The molecule has 0 aliphatic carbocycles. The summed E-state index contributed by atoms with van der Waals surface area (Å²) in [5, 5.41) is 3.10. The molecule has 2 rings (SSSR count). The minimum Gasteiger partial charge on any atom is -0.468 e. The smallest absolute Gasteiger partial charge is 0.175 e. The highest BCUT2D eigenvalue weighted by molar-refractivity contribution is 6.38. The van der Waals surface area contributed by atoms with E-state index in [4.69, 9.17) is 40.9 Å². The van der Waals surface area contributed by atoms with Gasteiger partial charge in [-0.3, -0.25) is 0 Å². The highest BCUT2D eigenvalue weighted by Crippen LogP contribution is 2.37. The van der Waals surface area contributed by atoms with Crippen LogP contribution in [0.4, 0.5) is 0 Å². The molecule has 1 atom stereocenters. The van der Waals surface area contributed by atoms with Crippen molar-refractivity contribution >= 4 is 31.4 Å².